The number of hydrogen-bond acceptors (Lipinski definition) is 22. The fourth-order valence-corrected chi connectivity index (χ4v) is 18.5. The van der Waals surface area contributed by atoms with Crippen LogP contribution in [0.3, 0.4) is 0 Å². The van der Waals surface area contributed by atoms with Gasteiger partial charge in [-0.05, 0) is 6.92 Å². The highest BCUT2D eigenvalue weighted by atomic mass is 31.2. The molecule has 0 aromatic rings. The Balaban J connectivity index is 0.000000173. The lowest BCUT2D eigenvalue weighted by atomic mass is 9.50. The molecule has 0 saturated carbocycles. The van der Waals surface area contributed by atoms with E-state index in [4.69, 9.17) is 122 Å². The fraction of sp³-hybridized carbons (Fsp3) is 0.956. The van der Waals surface area contributed by atoms with Crippen LogP contribution in [-0.2, 0) is 101 Å². The molecule has 442 valence electrons. The molecule has 9 fully saturated rings. The van der Waals surface area contributed by atoms with Crippen molar-refractivity contribution in [1.82, 2.24) is 0 Å². The summed E-state index contributed by atoms with van der Waals surface area (Å²) >= 11 is 0. The molecule has 9 saturated heterocycles. The number of hydrogen-bond donors (Lipinski definition) is 0. The van der Waals surface area contributed by atoms with Crippen molar-refractivity contribution in [2.75, 3.05) is 79.6 Å². The molecule has 80 heavy (non-hydrogen) atoms. The molecule has 0 aliphatic carbocycles. The van der Waals surface area contributed by atoms with Crippen molar-refractivity contribution in [2.24, 2.45) is 35.5 Å². The van der Waals surface area contributed by atoms with Crippen molar-refractivity contribution in [3.8, 4) is 0 Å². The molecule has 0 aromatic heterocycles. The summed E-state index contributed by atoms with van der Waals surface area (Å²) in [4.78, 5) is 0. The maximum absolute atomic E-state index is 12.9. The second-order valence-electron chi connectivity index (χ2n) is 22.9. The second-order valence-corrected chi connectivity index (χ2v) is 36.0. The summed E-state index contributed by atoms with van der Waals surface area (Å²) in [6.45, 7) is 23.3. The Bertz CT molecular complexity index is 2240. The monoisotopic (exact) mass is 1230 g/mol. The normalized spacial score (nSPS) is 55.0. The predicted octanol–water partition coefficient (Wildman–Crippen LogP) is 4.83. The maximum atomic E-state index is 12.9. The van der Waals surface area contributed by atoms with Gasteiger partial charge < -0.3 is 82.7 Å². The number of fused-ring (bicyclic) bond motifs is 8. The summed E-state index contributed by atoms with van der Waals surface area (Å²) in [7, 11) is 13.9. The van der Waals surface area contributed by atoms with Crippen LogP contribution in [0.4, 0.5) is 0 Å². The molecular weight excluding hydrogens is 1150 g/mol. The first-order valence-corrected chi connectivity index (χ1v) is 39.5. The van der Waals surface area contributed by atoms with Crippen molar-refractivity contribution in [1.29, 1.82) is 0 Å². The highest BCUT2D eigenvalue weighted by molar-refractivity contribution is 7.64. The lowest BCUT2D eigenvalue weighted by molar-refractivity contribution is -0.0316. The molecule has 9 aliphatic heterocycles. The van der Waals surface area contributed by atoms with Crippen LogP contribution in [0.25, 0.3) is 0 Å². The van der Waals surface area contributed by atoms with Gasteiger partial charge in [-0.15, -0.1) is 0 Å². The zero-order valence-corrected chi connectivity index (χ0v) is 53.6. The molecule has 0 aromatic carbocycles. The van der Waals surface area contributed by atoms with Gasteiger partial charge in [0.05, 0.1) is 103 Å². The third-order valence-electron chi connectivity index (χ3n) is 16.0. The van der Waals surface area contributed by atoms with Crippen molar-refractivity contribution in [3.63, 3.8) is 0 Å². The highest BCUT2D eigenvalue weighted by Crippen LogP contribution is 2.57. The molecule has 35 heteroatoms. The van der Waals surface area contributed by atoms with Gasteiger partial charge >= 0.3 is 30.4 Å². The van der Waals surface area contributed by atoms with Gasteiger partial charge in [0.25, 0.3) is 0 Å². The van der Waals surface area contributed by atoms with E-state index in [9.17, 15) is 18.3 Å². The maximum Gasteiger partial charge on any atom is 0.328 e. The SMILES string of the molecule is [B][B][C@@H]1O[C@@H]2COP(C)(=O)OC3[C@@H](C)[C@H]([B])O[C@@H]3COP(=C)(C)OC1[C@@H]2C.[B][B][C@@H]1O[C@@H]2COP(C)(=O)OC3[C@@H](C)[C@H]([B])O[C@@H]3COP(=C)(C)OC1[C@@H]2C.[B][C@@H]1O[C@@H]2COP(C)(=O)OC3[C@@H](C)[C@H](C)O[C@@H]3COP(C)(=O)OC2[C@H]1C. The molecule has 0 N–H and O–H groups in total. The Hall–Kier alpha value is 1.25. The van der Waals surface area contributed by atoms with Crippen LogP contribution in [0.15, 0.2) is 0 Å². The molecule has 30 atom stereocenters. The first-order chi connectivity index (χ1) is 37.0. The van der Waals surface area contributed by atoms with Gasteiger partial charge in [-0.25, -0.2) is 0 Å². The third kappa shape index (κ3) is 17.3. The largest absolute Gasteiger partial charge is 0.379 e. The van der Waals surface area contributed by atoms with Gasteiger partial charge in [0.1, 0.15) is 68.7 Å². The van der Waals surface area contributed by atoms with Gasteiger partial charge in [0.15, 0.2) is 0 Å². The van der Waals surface area contributed by atoms with Crippen LogP contribution in [0.1, 0.15) is 48.5 Å². The number of rotatable bonds is 2. The van der Waals surface area contributed by atoms with Crippen LogP contribution in [0.5, 0.6) is 0 Å². The molecule has 0 spiro atoms. The molecule has 9 aliphatic rings. The summed E-state index contributed by atoms with van der Waals surface area (Å²) in [5.41, 5.74) is 0. The van der Waals surface area contributed by atoms with E-state index in [1.165, 1.54) is 41.0 Å². The Morgan fingerprint density at radius 1 is 0.350 bits per heavy atom. The van der Waals surface area contributed by atoms with Gasteiger partial charge in [-0.1, -0.05) is 54.1 Å². The van der Waals surface area contributed by atoms with Crippen LogP contribution >= 0.6 is 45.1 Å². The lowest BCUT2D eigenvalue weighted by Crippen LogP contribution is -2.35. The van der Waals surface area contributed by atoms with Crippen LogP contribution in [0.2, 0.25) is 0 Å². The van der Waals surface area contributed by atoms with Gasteiger partial charge in [-0.2, -0.15) is 0 Å². The minimum Gasteiger partial charge on any atom is -0.379 e. The van der Waals surface area contributed by atoms with Crippen LogP contribution < -0.4 is 0 Å². The van der Waals surface area contributed by atoms with Crippen molar-refractivity contribution in [3.05, 3.63) is 0 Å². The average Bonchev–Trinajstić information content (AvgIpc) is 4.14. The smallest absolute Gasteiger partial charge is 0.328 e. The molecule has 22 nitrogen and oxygen atoms in total. The quantitative estimate of drug-likeness (QED) is 0.266. The highest BCUT2D eigenvalue weighted by Gasteiger charge is 2.52. The van der Waals surface area contributed by atoms with Crippen molar-refractivity contribution in [2.45, 2.75) is 158 Å². The van der Waals surface area contributed by atoms with Crippen LogP contribution in [-0.4, -0.2) is 255 Å². The standard InChI is InChI=1S/2C15H26B3O7P2.C15H27BO8P2/c2*1-8-10-6-21-27(5,19)25-12-9(2)14(16)22-11(12)7-20-26(3,4)24-13(8)15(18-17)23-10;1-8-10(3)21-11-6-19-26(5,18)24-14-9(2)15(16)22-12(14)7-20-25(4,17)23-13(8)11/h2*8-15H,3,6-7H2,1-2,4-5H3;8-15H,6-7H2,1-5H3/t2*8-,9-,10-,11-,12?,13?,14-,15-,26?,27?;8-,9+,10-,11+,12+,13?,14?,15+,25?,26?/m110/s1. The molecule has 9 rings (SSSR count). The Morgan fingerprint density at radius 3 is 0.912 bits per heavy atom. The minimum atomic E-state index is -3.39. The molecule has 12 unspecified atom stereocenters. The van der Waals surface area contributed by atoms with Gasteiger partial charge in [-0.3, -0.25) is 18.3 Å². The zero-order chi connectivity index (χ0) is 59.2. The fourth-order valence-electron chi connectivity index (χ4n) is 10.8. The average molecular weight is 1230 g/mol. The zero-order valence-electron chi connectivity index (χ0n) is 48.2. The van der Waals surface area contributed by atoms with Crippen molar-refractivity contribution < 1.29 is 101 Å². The van der Waals surface area contributed by atoms with Crippen LogP contribution in [0, 0.1) is 35.5 Å². The second kappa shape index (κ2) is 27.6. The molecular formula is C45H79B7O22P6. The molecule has 9 heterocycles. The summed E-state index contributed by atoms with van der Waals surface area (Å²) in [5.74, 6) is -0.690. The van der Waals surface area contributed by atoms with E-state index >= 15 is 0 Å². The Morgan fingerprint density at radius 2 is 0.613 bits per heavy atom. The summed E-state index contributed by atoms with van der Waals surface area (Å²) in [6, 6.07) is -2.53. The van der Waals surface area contributed by atoms with Crippen molar-refractivity contribution >= 4 is 111 Å². The van der Waals surface area contributed by atoms with E-state index < -0.39 is 124 Å². The first-order valence-electron chi connectivity index (χ1n) is 27.0. The van der Waals surface area contributed by atoms with E-state index in [-0.39, 0.29) is 106 Å². The van der Waals surface area contributed by atoms with E-state index in [1.54, 1.807) is 0 Å². The Labute approximate surface area is 482 Å². The summed E-state index contributed by atoms with van der Waals surface area (Å²) in [5, 5.41) is 0. The molecule has 12 radical (unpaired) electrons. The van der Waals surface area contributed by atoms with E-state index in [0.717, 1.165) is 0 Å². The third-order valence-corrected chi connectivity index (χ3v) is 23.7. The lowest BCUT2D eigenvalue weighted by Gasteiger charge is -2.30. The molecule has 0 amide bonds. The number of ether oxygens (including phenoxy) is 6. The van der Waals surface area contributed by atoms with Gasteiger partial charge in [0.2, 0.25) is 0 Å². The summed E-state index contributed by atoms with van der Waals surface area (Å²) in [6.07, 6.45) is 2.56. The van der Waals surface area contributed by atoms with E-state index in [1.807, 2.05) is 61.8 Å². The van der Waals surface area contributed by atoms with E-state index in [2.05, 4.69) is 12.6 Å². The topological polar surface area (TPSA) is 234 Å². The first kappa shape index (κ1) is 68.7. The van der Waals surface area contributed by atoms with E-state index in [0.29, 0.717) is 0 Å². The predicted molar refractivity (Wildman–Crippen MR) is 312 cm³/mol. The minimum absolute atomic E-state index is 0.00576. The summed E-state index contributed by atoms with van der Waals surface area (Å²) < 4.78 is 156. The Kier molecular flexibility index (Phi) is 23.7. The van der Waals surface area contributed by atoms with Gasteiger partial charge in [0, 0.05) is 121 Å². The molecule has 4 bridgehead atoms.